The molecule has 1 atom stereocenters. The number of rotatable bonds is 7. The van der Waals surface area contributed by atoms with Crippen LogP contribution in [0.15, 0.2) is 45.9 Å². The van der Waals surface area contributed by atoms with Crippen molar-refractivity contribution in [2.45, 2.75) is 50.0 Å². The molecule has 2 saturated heterocycles. The van der Waals surface area contributed by atoms with E-state index in [-0.39, 0.29) is 16.8 Å². The van der Waals surface area contributed by atoms with Crippen molar-refractivity contribution in [3.8, 4) is 0 Å². The Labute approximate surface area is 184 Å². The molecular weight excluding hydrogens is 414 g/mol. The van der Waals surface area contributed by atoms with Crippen LogP contribution >= 0.6 is 0 Å². The van der Waals surface area contributed by atoms with Gasteiger partial charge in [-0.15, -0.1) is 0 Å². The van der Waals surface area contributed by atoms with Gasteiger partial charge in [0, 0.05) is 25.2 Å². The van der Waals surface area contributed by atoms with E-state index in [0.29, 0.717) is 30.8 Å². The van der Waals surface area contributed by atoms with Crippen LogP contribution in [0.2, 0.25) is 0 Å². The summed E-state index contributed by atoms with van der Waals surface area (Å²) in [5, 5.41) is 2.99. The van der Waals surface area contributed by atoms with E-state index in [2.05, 4.69) is 10.2 Å². The van der Waals surface area contributed by atoms with Gasteiger partial charge in [-0.2, -0.15) is 4.31 Å². The smallest absolute Gasteiger partial charge is 0.251 e. The van der Waals surface area contributed by atoms with Crippen molar-refractivity contribution in [3.05, 3.63) is 53.5 Å². The zero-order valence-corrected chi connectivity index (χ0v) is 18.9. The fraction of sp³-hybridized carbons (Fsp3) is 0.522. The van der Waals surface area contributed by atoms with Crippen molar-refractivity contribution in [2.75, 3.05) is 32.7 Å². The third-order valence-electron chi connectivity index (χ3n) is 6.29. The topological polar surface area (TPSA) is 82.9 Å². The summed E-state index contributed by atoms with van der Waals surface area (Å²) < 4.78 is 33.5. The average molecular weight is 446 g/mol. The van der Waals surface area contributed by atoms with Crippen LogP contribution in [0.4, 0.5) is 0 Å². The third-order valence-corrected chi connectivity index (χ3v) is 8.33. The summed E-state index contributed by atoms with van der Waals surface area (Å²) in [6, 6.07) is 8.70. The Kier molecular flexibility index (Phi) is 6.79. The van der Waals surface area contributed by atoms with Crippen molar-refractivity contribution in [1.82, 2.24) is 14.5 Å². The van der Waals surface area contributed by atoms with Crippen LogP contribution in [0.3, 0.4) is 0 Å². The number of carbonyl (C=O) groups excluding carboxylic acids is 1. The maximum absolute atomic E-state index is 13.2. The van der Waals surface area contributed by atoms with Crippen molar-refractivity contribution in [3.63, 3.8) is 0 Å². The van der Waals surface area contributed by atoms with Crippen LogP contribution in [-0.2, 0) is 10.0 Å². The van der Waals surface area contributed by atoms with Gasteiger partial charge in [-0.1, -0.05) is 12.5 Å². The molecule has 1 unspecified atom stereocenters. The standard InChI is InChI=1S/C23H31N3O4S/c1-18-9-10-19(16-22(18)31(28,29)26-13-3-2-4-14-26)23(27)24-17-20(21-8-7-15-30-21)25-11-5-6-12-25/h7-10,15-16,20H,2-6,11-14,17H2,1H3,(H,24,27). The van der Waals surface area contributed by atoms with Gasteiger partial charge in [0.2, 0.25) is 10.0 Å². The highest BCUT2D eigenvalue weighted by Gasteiger charge is 2.29. The number of hydrogen-bond acceptors (Lipinski definition) is 5. The minimum atomic E-state index is -3.60. The normalized spacial score (nSPS) is 19.4. The Morgan fingerprint density at radius 2 is 1.77 bits per heavy atom. The van der Waals surface area contributed by atoms with E-state index in [9.17, 15) is 13.2 Å². The lowest BCUT2D eigenvalue weighted by atomic mass is 10.1. The number of likely N-dealkylation sites (tertiary alicyclic amines) is 1. The molecule has 1 aromatic carbocycles. The van der Waals surface area contributed by atoms with Gasteiger partial charge in [0.15, 0.2) is 0 Å². The molecule has 0 saturated carbocycles. The zero-order chi connectivity index (χ0) is 21.8. The lowest BCUT2D eigenvalue weighted by Gasteiger charge is -2.27. The molecule has 1 N–H and O–H groups in total. The number of furan rings is 1. The van der Waals surface area contributed by atoms with Gasteiger partial charge in [0.05, 0.1) is 17.2 Å². The first-order chi connectivity index (χ1) is 15.0. The molecule has 0 bridgehead atoms. The number of hydrogen-bond donors (Lipinski definition) is 1. The monoisotopic (exact) mass is 445 g/mol. The van der Waals surface area contributed by atoms with Crippen LogP contribution < -0.4 is 5.32 Å². The Hall–Kier alpha value is -2.16. The fourth-order valence-corrected chi connectivity index (χ4v) is 6.27. The maximum Gasteiger partial charge on any atom is 0.251 e. The molecule has 4 rings (SSSR count). The highest BCUT2D eigenvalue weighted by molar-refractivity contribution is 7.89. The van der Waals surface area contributed by atoms with Gasteiger partial charge >= 0.3 is 0 Å². The number of nitrogens with one attached hydrogen (secondary N) is 1. The molecule has 2 aromatic rings. The first-order valence-electron chi connectivity index (χ1n) is 11.1. The van der Waals surface area contributed by atoms with Gasteiger partial charge < -0.3 is 9.73 Å². The van der Waals surface area contributed by atoms with Crippen molar-refractivity contribution in [1.29, 1.82) is 0 Å². The minimum absolute atomic E-state index is 0.0246. The zero-order valence-electron chi connectivity index (χ0n) is 18.0. The van der Waals surface area contributed by atoms with E-state index in [1.807, 2.05) is 12.1 Å². The molecule has 0 aliphatic carbocycles. The molecule has 8 heteroatoms. The molecule has 1 aromatic heterocycles. The van der Waals surface area contributed by atoms with Crippen LogP contribution in [0.25, 0.3) is 0 Å². The summed E-state index contributed by atoms with van der Waals surface area (Å²) >= 11 is 0. The van der Waals surface area contributed by atoms with Crippen LogP contribution in [0.5, 0.6) is 0 Å². The number of benzene rings is 1. The van der Waals surface area contributed by atoms with E-state index in [4.69, 9.17) is 4.42 Å². The van der Waals surface area contributed by atoms with Gasteiger partial charge in [-0.25, -0.2) is 8.42 Å². The summed E-state index contributed by atoms with van der Waals surface area (Å²) in [7, 11) is -3.60. The summed E-state index contributed by atoms with van der Waals surface area (Å²) in [4.78, 5) is 15.5. The van der Waals surface area contributed by atoms with Crippen molar-refractivity contribution in [2.24, 2.45) is 0 Å². The molecule has 3 heterocycles. The van der Waals surface area contributed by atoms with Gasteiger partial charge in [-0.3, -0.25) is 9.69 Å². The minimum Gasteiger partial charge on any atom is -0.468 e. The van der Waals surface area contributed by atoms with E-state index in [0.717, 1.165) is 51.0 Å². The number of piperidine rings is 1. The van der Waals surface area contributed by atoms with Crippen LogP contribution in [0.1, 0.15) is 59.8 Å². The Morgan fingerprint density at radius 3 is 2.45 bits per heavy atom. The number of nitrogens with zero attached hydrogens (tertiary/aromatic N) is 2. The Morgan fingerprint density at radius 1 is 1.06 bits per heavy atom. The van der Waals surface area contributed by atoms with E-state index >= 15 is 0 Å². The number of amides is 1. The Bertz CT molecular complexity index is 992. The first kappa shape index (κ1) is 22.0. The first-order valence-corrected chi connectivity index (χ1v) is 12.6. The highest BCUT2D eigenvalue weighted by Crippen LogP contribution is 2.26. The molecule has 2 aliphatic rings. The van der Waals surface area contributed by atoms with E-state index in [1.165, 1.54) is 6.07 Å². The second-order valence-electron chi connectivity index (χ2n) is 8.43. The quantitative estimate of drug-likeness (QED) is 0.707. The van der Waals surface area contributed by atoms with Gasteiger partial charge in [-0.05, 0) is 75.5 Å². The molecule has 168 valence electrons. The summed E-state index contributed by atoms with van der Waals surface area (Å²) in [6.07, 6.45) is 6.74. The SMILES string of the molecule is Cc1ccc(C(=O)NCC(c2ccco2)N2CCCC2)cc1S(=O)(=O)N1CCCCC1. The maximum atomic E-state index is 13.2. The molecule has 31 heavy (non-hydrogen) atoms. The summed E-state index contributed by atoms with van der Waals surface area (Å²) in [5.41, 5.74) is 1.02. The number of sulfonamides is 1. The van der Waals surface area contributed by atoms with Gasteiger partial charge in [0.25, 0.3) is 5.91 Å². The number of aryl methyl sites for hydroxylation is 1. The predicted molar refractivity (Wildman–Crippen MR) is 118 cm³/mol. The van der Waals surface area contributed by atoms with Crippen LogP contribution in [-0.4, -0.2) is 56.3 Å². The lowest BCUT2D eigenvalue weighted by molar-refractivity contribution is 0.0933. The molecule has 2 aliphatic heterocycles. The molecule has 0 radical (unpaired) electrons. The predicted octanol–water partition coefficient (Wildman–Crippen LogP) is 3.33. The molecule has 7 nitrogen and oxygen atoms in total. The Balaban J connectivity index is 1.50. The average Bonchev–Trinajstić information content (AvgIpc) is 3.50. The van der Waals surface area contributed by atoms with E-state index in [1.54, 1.807) is 29.6 Å². The number of carbonyl (C=O) groups is 1. The molecule has 0 spiro atoms. The third kappa shape index (κ3) is 4.86. The second-order valence-corrected chi connectivity index (χ2v) is 10.3. The van der Waals surface area contributed by atoms with Crippen LogP contribution in [0, 0.1) is 6.92 Å². The fourth-order valence-electron chi connectivity index (χ4n) is 4.50. The largest absolute Gasteiger partial charge is 0.468 e. The summed E-state index contributed by atoms with van der Waals surface area (Å²) in [5.74, 6) is 0.560. The molecular formula is C23H31N3O4S. The van der Waals surface area contributed by atoms with E-state index < -0.39 is 10.0 Å². The summed E-state index contributed by atoms with van der Waals surface area (Å²) in [6.45, 7) is 5.22. The lowest BCUT2D eigenvalue weighted by Crippen LogP contribution is -2.37. The molecule has 1 amide bonds. The van der Waals surface area contributed by atoms with Crippen molar-refractivity contribution >= 4 is 15.9 Å². The second kappa shape index (κ2) is 9.54. The van der Waals surface area contributed by atoms with Gasteiger partial charge in [0.1, 0.15) is 5.76 Å². The molecule has 2 fully saturated rings. The van der Waals surface area contributed by atoms with Crippen molar-refractivity contribution < 1.29 is 17.6 Å². The highest BCUT2D eigenvalue weighted by atomic mass is 32.2.